The topological polar surface area (TPSA) is 83.1 Å². The Kier molecular flexibility index (Phi) is 6.84. The van der Waals surface area contributed by atoms with Gasteiger partial charge in [-0.25, -0.2) is 4.79 Å². The zero-order valence-corrected chi connectivity index (χ0v) is 14.9. The van der Waals surface area contributed by atoms with Crippen LogP contribution in [0.5, 0.6) is 17.2 Å². The van der Waals surface area contributed by atoms with Crippen molar-refractivity contribution >= 4 is 17.6 Å². The van der Waals surface area contributed by atoms with E-state index in [0.717, 1.165) is 0 Å². The van der Waals surface area contributed by atoms with Gasteiger partial charge in [-0.05, 0) is 31.2 Å². The van der Waals surface area contributed by atoms with Crippen LogP contribution in [0.25, 0.3) is 0 Å². The minimum absolute atomic E-state index is 0.265. The van der Waals surface area contributed by atoms with Gasteiger partial charge in [-0.3, -0.25) is 4.79 Å². The van der Waals surface area contributed by atoms with Crippen LogP contribution in [-0.4, -0.2) is 39.3 Å². The van der Waals surface area contributed by atoms with Crippen molar-refractivity contribution in [1.29, 1.82) is 0 Å². The lowest BCUT2D eigenvalue weighted by atomic mass is 10.2. The van der Waals surface area contributed by atoms with Gasteiger partial charge in [0, 0.05) is 6.07 Å². The van der Waals surface area contributed by atoms with Gasteiger partial charge in [-0.2, -0.15) is 0 Å². The summed E-state index contributed by atoms with van der Waals surface area (Å²) >= 11 is 0. The van der Waals surface area contributed by atoms with Crippen molar-refractivity contribution in [2.45, 2.75) is 6.92 Å². The predicted molar refractivity (Wildman–Crippen MR) is 96.1 cm³/mol. The minimum atomic E-state index is -0.637. The van der Waals surface area contributed by atoms with Crippen LogP contribution in [0, 0.1) is 0 Å². The molecular formula is C19H21NO6. The molecule has 138 valence electrons. The average Bonchev–Trinajstić information content (AvgIpc) is 2.66. The Labute approximate surface area is 151 Å². The van der Waals surface area contributed by atoms with Crippen LogP contribution in [0.1, 0.15) is 17.3 Å². The van der Waals surface area contributed by atoms with E-state index in [1.54, 1.807) is 42.5 Å². The van der Waals surface area contributed by atoms with E-state index in [2.05, 4.69) is 5.32 Å². The Morgan fingerprint density at radius 3 is 2.46 bits per heavy atom. The molecule has 7 nitrogen and oxygen atoms in total. The van der Waals surface area contributed by atoms with Gasteiger partial charge in [0.25, 0.3) is 5.91 Å². The molecule has 0 unspecified atom stereocenters. The molecule has 0 atom stereocenters. The van der Waals surface area contributed by atoms with E-state index in [4.69, 9.17) is 18.9 Å². The number of amides is 1. The van der Waals surface area contributed by atoms with Crippen LogP contribution in [0.3, 0.4) is 0 Å². The van der Waals surface area contributed by atoms with Crippen LogP contribution in [0.2, 0.25) is 0 Å². The molecule has 0 bridgehead atoms. The first-order chi connectivity index (χ1) is 12.6. The molecule has 0 saturated carbocycles. The van der Waals surface area contributed by atoms with Crippen LogP contribution >= 0.6 is 0 Å². The third-order valence-electron chi connectivity index (χ3n) is 3.42. The maximum absolute atomic E-state index is 12.2. The van der Waals surface area contributed by atoms with E-state index >= 15 is 0 Å². The first kappa shape index (κ1) is 19.1. The number of anilines is 1. The van der Waals surface area contributed by atoms with Crippen molar-refractivity contribution in [2.24, 2.45) is 0 Å². The molecule has 2 aromatic carbocycles. The normalized spacial score (nSPS) is 9.96. The first-order valence-electron chi connectivity index (χ1n) is 7.99. The van der Waals surface area contributed by atoms with Gasteiger partial charge in [0.15, 0.2) is 6.61 Å². The number of hydrogen-bond donors (Lipinski definition) is 1. The average molecular weight is 359 g/mol. The Morgan fingerprint density at radius 2 is 1.77 bits per heavy atom. The van der Waals surface area contributed by atoms with Gasteiger partial charge in [-0.1, -0.05) is 12.1 Å². The molecule has 0 spiro atoms. The van der Waals surface area contributed by atoms with E-state index in [1.807, 2.05) is 6.92 Å². The van der Waals surface area contributed by atoms with Crippen molar-refractivity contribution in [3.8, 4) is 17.2 Å². The summed E-state index contributed by atoms with van der Waals surface area (Å²) in [4.78, 5) is 24.3. The van der Waals surface area contributed by atoms with E-state index in [9.17, 15) is 9.59 Å². The van der Waals surface area contributed by atoms with Crippen molar-refractivity contribution < 1.29 is 28.5 Å². The molecule has 0 saturated heterocycles. The lowest BCUT2D eigenvalue weighted by Crippen LogP contribution is -2.21. The highest BCUT2D eigenvalue weighted by atomic mass is 16.5. The highest BCUT2D eigenvalue weighted by Gasteiger charge is 2.16. The lowest BCUT2D eigenvalue weighted by Gasteiger charge is -2.12. The van der Waals surface area contributed by atoms with Crippen LogP contribution in [-0.2, 0) is 9.53 Å². The van der Waals surface area contributed by atoms with Gasteiger partial charge in [0.1, 0.15) is 22.8 Å². The highest BCUT2D eigenvalue weighted by molar-refractivity contribution is 5.97. The number of esters is 1. The van der Waals surface area contributed by atoms with Crippen molar-refractivity contribution in [3.05, 3.63) is 48.0 Å². The Hall–Kier alpha value is -3.22. The second-order valence-electron chi connectivity index (χ2n) is 5.12. The molecular weight excluding hydrogens is 338 g/mol. The van der Waals surface area contributed by atoms with E-state index in [-0.39, 0.29) is 5.56 Å². The number of ether oxygens (including phenoxy) is 4. The summed E-state index contributed by atoms with van der Waals surface area (Å²) in [6, 6.07) is 11.7. The van der Waals surface area contributed by atoms with E-state index < -0.39 is 18.5 Å². The number of methoxy groups -OCH3 is 2. The number of carbonyl (C=O) groups is 2. The predicted octanol–water partition coefficient (Wildman–Crippen LogP) is 2.90. The number of para-hydroxylation sites is 1. The summed E-state index contributed by atoms with van der Waals surface area (Å²) in [5, 5.41) is 2.63. The minimum Gasteiger partial charge on any atom is -0.497 e. The molecule has 1 amide bonds. The Bertz CT molecular complexity index is 774. The number of nitrogens with one attached hydrogen (secondary N) is 1. The standard InChI is InChI=1S/C19H21NO6/c1-4-25-16-8-6-5-7-14(16)19(22)26-12-18(21)20-15-11-13(23-2)9-10-17(15)24-3/h5-11H,4,12H2,1-3H3,(H,20,21). The summed E-state index contributed by atoms with van der Waals surface area (Å²) in [6.07, 6.45) is 0. The third-order valence-corrected chi connectivity index (χ3v) is 3.42. The van der Waals surface area contributed by atoms with Crippen molar-refractivity contribution in [1.82, 2.24) is 0 Å². The first-order valence-corrected chi connectivity index (χ1v) is 7.99. The zero-order chi connectivity index (χ0) is 18.9. The molecule has 0 radical (unpaired) electrons. The van der Waals surface area contributed by atoms with Gasteiger partial charge >= 0.3 is 5.97 Å². The lowest BCUT2D eigenvalue weighted by molar-refractivity contribution is -0.119. The molecule has 0 aliphatic carbocycles. The van der Waals surface area contributed by atoms with Gasteiger partial charge in [0.05, 0.1) is 26.5 Å². The quantitative estimate of drug-likeness (QED) is 0.730. The smallest absolute Gasteiger partial charge is 0.342 e. The number of hydrogen-bond acceptors (Lipinski definition) is 6. The fourth-order valence-electron chi connectivity index (χ4n) is 2.22. The molecule has 1 N–H and O–H groups in total. The Morgan fingerprint density at radius 1 is 1.00 bits per heavy atom. The summed E-state index contributed by atoms with van der Waals surface area (Å²) in [5.74, 6) is 0.298. The highest BCUT2D eigenvalue weighted by Crippen LogP contribution is 2.28. The van der Waals surface area contributed by atoms with E-state index in [1.165, 1.54) is 14.2 Å². The van der Waals surface area contributed by atoms with Crippen LogP contribution in [0.4, 0.5) is 5.69 Å². The second-order valence-corrected chi connectivity index (χ2v) is 5.12. The van der Waals surface area contributed by atoms with Crippen LogP contribution < -0.4 is 19.5 Å². The molecule has 0 fully saturated rings. The molecule has 0 heterocycles. The summed E-state index contributed by atoms with van der Waals surface area (Å²) < 4.78 is 20.8. The summed E-state index contributed by atoms with van der Waals surface area (Å²) in [6.45, 7) is 1.79. The monoisotopic (exact) mass is 359 g/mol. The largest absolute Gasteiger partial charge is 0.497 e. The summed E-state index contributed by atoms with van der Waals surface area (Å²) in [7, 11) is 3.01. The number of carbonyl (C=O) groups excluding carboxylic acids is 2. The molecule has 0 aliphatic heterocycles. The molecule has 26 heavy (non-hydrogen) atoms. The van der Waals surface area contributed by atoms with Crippen molar-refractivity contribution in [2.75, 3.05) is 32.8 Å². The SMILES string of the molecule is CCOc1ccccc1C(=O)OCC(=O)Nc1cc(OC)ccc1OC. The maximum Gasteiger partial charge on any atom is 0.342 e. The maximum atomic E-state index is 12.2. The fraction of sp³-hybridized carbons (Fsp3) is 0.263. The van der Waals surface area contributed by atoms with E-state index in [0.29, 0.717) is 29.5 Å². The molecule has 7 heteroatoms. The van der Waals surface area contributed by atoms with Gasteiger partial charge in [0.2, 0.25) is 0 Å². The molecule has 2 rings (SSSR count). The third kappa shape index (κ3) is 4.89. The second kappa shape index (κ2) is 9.31. The van der Waals surface area contributed by atoms with Gasteiger partial charge < -0.3 is 24.3 Å². The zero-order valence-electron chi connectivity index (χ0n) is 14.9. The molecule has 0 aliphatic rings. The summed E-state index contributed by atoms with van der Waals surface area (Å²) in [5.41, 5.74) is 0.684. The molecule has 2 aromatic rings. The fourth-order valence-corrected chi connectivity index (χ4v) is 2.22. The number of benzene rings is 2. The number of rotatable bonds is 8. The Balaban J connectivity index is 2.00. The van der Waals surface area contributed by atoms with Gasteiger partial charge in [-0.15, -0.1) is 0 Å². The van der Waals surface area contributed by atoms with Crippen LogP contribution in [0.15, 0.2) is 42.5 Å². The van der Waals surface area contributed by atoms with Crippen molar-refractivity contribution in [3.63, 3.8) is 0 Å². The molecule has 0 aromatic heterocycles.